The topological polar surface area (TPSA) is 104 Å². The maximum atomic E-state index is 12.6. The van der Waals surface area contributed by atoms with Crippen molar-refractivity contribution in [1.82, 2.24) is 15.5 Å². The van der Waals surface area contributed by atoms with Crippen molar-refractivity contribution in [2.45, 2.75) is 72.1 Å². The van der Waals surface area contributed by atoms with E-state index in [0.717, 1.165) is 11.1 Å². The van der Waals surface area contributed by atoms with Crippen molar-refractivity contribution in [3.8, 4) is 11.5 Å². The Labute approximate surface area is 171 Å². The van der Waals surface area contributed by atoms with Gasteiger partial charge in [-0.1, -0.05) is 17.3 Å². The predicted octanol–water partition coefficient (Wildman–Crippen LogP) is 3.82. The summed E-state index contributed by atoms with van der Waals surface area (Å²) in [5.74, 6) is 0.445. The predicted molar refractivity (Wildman–Crippen MR) is 107 cm³/mol. The van der Waals surface area contributed by atoms with Gasteiger partial charge in [0, 0.05) is 12.0 Å². The minimum Gasteiger partial charge on any atom is -0.458 e. The molecule has 29 heavy (non-hydrogen) atoms. The van der Waals surface area contributed by atoms with Crippen LogP contribution in [0.1, 0.15) is 52.9 Å². The van der Waals surface area contributed by atoms with Crippen LogP contribution < -0.4 is 5.32 Å². The number of aromatic nitrogens is 2. The molecule has 1 atom stereocenters. The van der Waals surface area contributed by atoms with Crippen molar-refractivity contribution in [1.29, 1.82) is 0 Å². The fourth-order valence-corrected chi connectivity index (χ4v) is 2.45. The molecule has 1 amide bonds. The maximum Gasteiger partial charge on any atom is 0.408 e. The zero-order chi connectivity index (χ0) is 21.8. The van der Waals surface area contributed by atoms with E-state index >= 15 is 0 Å². The van der Waals surface area contributed by atoms with Crippen LogP contribution in [0.25, 0.3) is 11.5 Å². The molecule has 0 fully saturated rings. The Bertz CT molecular complexity index is 844. The standard InChI is InChI=1S/C21H29N3O5/c1-13-22-17(29-24-13)15-10-8-14(9-11-15)12-16(18(25)27-20(2,3)4)23-19(26)28-21(5,6)7/h8-11,16H,12H2,1-7H3,(H,23,26)/t16-/m0/s1. The minimum absolute atomic E-state index is 0.247. The molecular weight excluding hydrogens is 374 g/mol. The van der Waals surface area contributed by atoms with Gasteiger partial charge >= 0.3 is 12.1 Å². The average molecular weight is 403 g/mol. The lowest BCUT2D eigenvalue weighted by molar-refractivity contribution is -0.157. The lowest BCUT2D eigenvalue weighted by Crippen LogP contribution is -2.47. The van der Waals surface area contributed by atoms with E-state index < -0.39 is 29.3 Å². The van der Waals surface area contributed by atoms with Gasteiger partial charge in [-0.05, 0) is 66.2 Å². The number of nitrogens with one attached hydrogen (secondary N) is 1. The quantitative estimate of drug-likeness (QED) is 0.757. The number of hydrogen-bond acceptors (Lipinski definition) is 7. The molecule has 0 spiro atoms. The number of carbonyl (C=O) groups is 2. The molecule has 0 radical (unpaired) electrons. The summed E-state index contributed by atoms with van der Waals surface area (Å²) in [5.41, 5.74) is 0.247. The number of nitrogens with zero attached hydrogens (tertiary/aromatic N) is 2. The first-order chi connectivity index (χ1) is 13.3. The number of amides is 1. The van der Waals surface area contributed by atoms with E-state index in [-0.39, 0.29) is 6.42 Å². The summed E-state index contributed by atoms with van der Waals surface area (Å²) in [6, 6.07) is 6.43. The third-order valence-electron chi connectivity index (χ3n) is 3.55. The third kappa shape index (κ3) is 7.56. The van der Waals surface area contributed by atoms with Crippen molar-refractivity contribution in [3.05, 3.63) is 35.7 Å². The van der Waals surface area contributed by atoms with Crippen molar-refractivity contribution >= 4 is 12.1 Å². The van der Waals surface area contributed by atoms with E-state index in [2.05, 4.69) is 15.5 Å². The van der Waals surface area contributed by atoms with Gasteiger partial charge in [-0.2, -0.15) is 4.98 Å². The number of carbonyl (C=O) groups excluding carboxylic acids is 2. The highest BCUT2D eigenvalue weighted by atomic mass is 16.6. The summed E-state index contributed by atoms with van der Waals surface area (Å²) in [6.45, 7) is 12.3. The molecule has 0 unspecified atom stereocenters. The Morgan fingerprint density at radius 2 is 1.62 bits per heavy atom. The lowest BCUT2D eigenvalue weighted by Gasteiger charge is -2.26. The van der Waals surface area contributed by atoms with E-state index in [1.807, 2.05) is 24.3 Å². The van der Waals surface area contributed by atoms with Gasteiger partial charge in [0.15, 0.2) is 5.82 Å². The summed E-state index contributed by atoms with van der Waals surface area (Å²) in [4.78, 5) is 29.0. The fraction of sp³-hybridized carbons (Fsp3) is 0.524. The van der Waals surface area contributed by atoms with Crippen LogP contribution in [0, 0.1) is 6.92 Å². The Kier molecular flexibility index (Phi) is 6.66. The number of aryl methyl sites for hydroxylation is 1. The monoisotopic (exact) mass is 403 g/mol. The maximum absolute atomic E-state index is 12.6. The van der Waals surface area contributed by atoms with Crippen molar-refractivity contribution in [2.75, 3.05) is 0 Å². The van der Waals surface area contributed by atoms with Gasteiger partial charge in [0.25, 0.3) is 5.89 Å². The van der Waals surface area contributed by atoms with E-state index in [9.17, 15) is 9.59 Å². The van der Waals surface area contributed by atoms with E-state index in [1.54, 1.807) is 48.5 Å². The Hall–Kier alpha value is -2.90. The largest absolute Gasteiger partial charge is 0.458 e. The molecule has 0 bridgehead atoms. The van der Waals surface area contributed by atoms with Gasteiger partial charge in [-0.3, -0.25) is 0 Å². The van der Waals surface area contributed by atoms with Crippen LogP contribution in [0.2, 0.25) is 0 Å². The van der Waals surface area contributed by atoms with Crippen LogP contribution >= 0.6 is 0 Å². The van der Waals surface area contributed by atoms with Gasteiger partial charge in [-0.25, -0.2) is 9.59 Å². The van der Waals surface area contributed by atoms with Crippen LogP contribution in [0.15, 0.2) is 28.8 Å². The molecule has 1 N–H and O–H groups in total. The highest BCUT2D eigenvalue weighted by Crippen LogP contribution is 2.19. The summed E-state index contributed by atoms with van der Waals surface area (Å²) < 4.78 is 15.9. The Morgan fingerprint density at radius 3 is 2.10 bits per heavy atom. The summed E-state index contributed by atoms with van der Waals surface area (Å²) in [6.07, 6.45) is -0.427. The molecule has 158 valence electrons. The lowest BCUT2D eigenvalue weighted by atomic mass is 10.0. The number of rotatable bonds is 5. The molecule has 0 saturated heterocycles. The number of hydrogen-bond donors (Lipinski definition) is 1. The van der Waals surface area contributed by atoms with Gasteiger partial charge in [-0.15, -0.1) is 0 Å². The first-order valence-electron chi connectivity index (χ1n) is 9.44. The van der Waals surface area contributed by atoms with Crippen LogP contribution in [0.4, 0.5) is 4.79 Å². The molecule has 8 nitrogen and oxygen atoms in total. The molecule has 0 aliphatic heterocycles. The number of alkyl carbamates (subject to hydrolysis) is 1. The Balaban J connectivity index is 2.15. The molecule has 2 rings (SSSR count). The summed E-state index contributed by atoms with van der Waals surface area (Å²) in [7, 11) is 0. The average Bonchev–Trinajstić information content (AvgIpc) is 2.98. The highest BCUT2D eigenvalue weighted by Gasteiger charge is 2.29. The minimum atomic E-state index is -0.888. The van der Waals surface area contributed by atoms with E-state index in [0.29, 0.717) is 11.7 Å². The first kappa shape index (κ1) is 22.4. The number of esters is 1. The van der Waals surface area contributed by atoms with E-state index in [4.69, 9.17) is 14.0 Å². The second kappa shape index (κ2) is 8.63. The van der Waals surface area contributed by atoms with Crippen molar-refractivity contribution < 1.29 is 23.6 Å². The molecule has 1 heterocycles. The zero-order valence-corrected chi connectivity index (χ0v) is 18.0. The molecule has 2 aromatic rings. The van der Waals surface area contributed by atoms with Crippen LogP contribution in [-0.2, 0) is 20.7 Å². The third-order valence-corrected chi connectivity index (χ3v) is 3.55. The molecule has 1 aromatic heterocycles. The first-order valence-corrected chi connectivity index (χ1v) is 9.44. The number of ether oxygens (including phenoxy) is 2. The van der Waals surface area contributed by atoms with Gasteiger partial charge < -0.3 is 19.3 Å². The van der Waals surface area contributed by atoms with Gasteiger partial charge in [0.1, 0.15) is 17.2 Å². The molecule has 0 aliphatic rings. The normalized spacial score (nSPS) is 12.9. The SMILES string of the molecule is Cc1noc(-c2ccc(C[C@H](NC(=O)OC(C)(C)C)C(=O)OC(C)(C)C)cc2)n1. The highest BCUT2D eigenvalue weighted by molar-refractivity contribution is 5.82. The zero-order valence-electron chi connectivity index (χ0n) is 18.0. The van der Waals surface area contributed by atoms with Gasteiger partial charge in [0.2, 0.25) is 0 Å². The number of benzene rings is 1. The molecular formula is C21H29N3O5. The van der Waals surface area contributed by atoms with Crippen LogP contribution in [-0.4, -0.2) is 39.4 Å². The molecule has 8 heteroatoms. The summed E-state index contributed by atoms with van der Waals surface area (Å²) >= 11 is 0. The molecule has 0 saturated carbocycles. The smallest absolute Gasteiger partial charge is 0.408 e. The Morgan fingerprint density at radius 1 is 1.03 bits per heavy atom. The van der Waals surface area contributed by atoms with Crippen molar-refractivity contribution in [3.63, 3.8) is 0 Å². The fourth-order valence-electron chi connectivity index (χ4n) is 2.45. The van der Waals surface area contributed by atoms with Gasteiger partial charge in [0.05, 0.1) is 0 Å². The molecule has 0 aliphatic carbocycles. The van der Waals surface area contributed by atoms with E-state index in [1.165, 1.54) is 0 Å². The molecule has 1 aromatic carbocycles. The van der Waals surface area contributed by atoms with Crippen LogP contribution in [0.5, 0.6) is 0 Å². The second-order valence-corrected chi connectivity index (χ2v) is 8.78. The van der Waals surface area contributed by atoms with Crippen LogP contribution in [0.3, 0.4) is 0 Å². The second-order valence-electron chi connectivity index (χ2n) is 8.78. The summed E-state index contributed by atoms with van der Waals surface area (Å²) in [5, 5.41) is 6.39. The van der Waals surface area contributed by atoms with Crippen molar-refractivity contribution in [2.24, 2.45) is 0 Å².